The second kappa shape index (κ2) is 8.62. The molecule has 2 heterocycles. The van der Waals surface area contributed by atoms with Gasteiger partial charge < -0.3 is 9.13 Å². The number of fused-ring (bicyclic) bond motifs is 6. The number of hydrogen-bond acceptors (Lipinski definition) is 0. The van der Waals surface area contributed by atoms with E-state index >= 15 is 0 Å². The van der Waals surface area contributed by atoms with E-state index in [0.29, 0.717) is 11.8 Å². The highest BCUT2D eigenvalue weighted by molar-refractivity contribution is 6.18. The number of para-hydroxylation sites is 2. The number of aromatic nitrogens is 2. The highest BCUT2D eigenvalue weighted by Gasteiger charge is 2.24. The maximum Gasteiger partial charge on any atom is 0.0491 e. The molecular weight excluding hydrogens is 471 g/mol. The Kier molecular flexibility index (Phi) is 5.55. The molecule has 0 aliphatic carbocycles. The van der Waals surface area contributed by atoms with Crippen LogP contribution in [0.25, 0.3) is 43.6 Å². The van der Waals surface area contributed by atoms with Crippen molar-refractivity contribution in [3.63, 3.8) is 0 Å². The monoisotopic (exact) mass is 498 g/mol. The van der Waals surface area contributed by atoms with Gasteiger partial charge in [0.05, 0.1) is 0 Å². The Hall–Kier alpha value is -2.94. The van der Waals surface area contributed by atoms with Crippen molar-refractivity contribution >= 4 is 66.8 Å². The predicted octanol–water partition coefficient (Wildman–Crippen LogP) is 9.11. The maximum absolute atomic E-state index is 6.17. The average Bonchev–Trinajstić information content (AvgIpc) is 3.35. The largest absolute Gasteiger partial charge is 0.340 e. The lowest BCUT2D eigenvalue weighted by atomic mass is 9.92. The number of benzene rings is 4. The Balaban J connectivity index is 1.47. The van der Waals surface area contributed by atoms with Crippen molar-refractivity contribution < 1.29 is 0 Å². The van der Waals surface area contributed by atoms with E-state index in [2.05, 4.69) is 108 Å². The van der Waals surface area contributed by atoms with Crippen LogP contribution in [0.1, 0.15) is 25.0 Å². The van der Waals surface area contributed by atoms with Crippen LogP contribution < -0.4 is 0 Å². The Morgan fingerprint density at radius 1 is 0.543 bits per heavy atom. The summed E-state index contributed by atoms with van der Waals surface area (Å²) in [5, 5.41) is 5.13. The van der Waals surface area contributed by atoms with Gasteiger partial charge >= 0.3 is 0 Å². The lowest BCUT2D eigenvalue weighted by Gasteiger charge is -2.28. The minimum absolute atomic E-state index is 0.000243. The molecule has 0 amide bonds. The molecule has 0 radical (unpaired) electrons. The van der Waals surface area contributed by atoms with Crippen molar-refractivity contribution in [2.24, 2.45) is 5.41 Å². The highest BCUT2D eigenvalue weighted by Crippen LogP contribution is 2.36. The van der Waals surface area contributed by atoms with E-state index in [0.717, 1.165) is 24.2 Å². The van der Waals surface area contributed by atoms with Crippen LogP contribution in [-0.2, 0) is 24.8 Å². The molecule has 0 aliphatic heterocycles. The van der Waals surface area contributed by atoms with Crippen LogP contribution in [0.4, 0.5) is 0 Å². The van der Waals surface area contributed by atoms with Crippen LogP contribution in [0.3, 0.4) is 0 Å². The summed E-state index contributed by atoms with van der Waals surface area (Å²) in [5.41, 5.74) is 7.39. The van der Waals surface area contributed by atoms with Gasteiger partial charge in [-0.3, -0.25) is 0 Å². The molecule has 0 N–H and O–H groups in total. The van der Waals surface area contributed by atoms with Gasteiger partial charge in [0.2, 0.25) is 0 Å². The summed E-state index contributed by atoms with van der Waals surface area (Å²) in [6.45, 7) is 6.55. The second-order valence-corrected chi connectivity index (χ2v) is 10.9. The lowest BCUT2D eigenvalue weighted by Crippen LogP contribution is -2.25. The van der Waals surface area contributed by atoms with Gasteiger partial charge in [-0.25, -0.2) is 0 Å². The second-order valence-electron chi connectivity index (χ2n) is 10.3. The zero-order chi connectivity index (χ0) is 24.2. The minimum atomic E-state index is -0.000243. The number of hydrogen-bond donors (Lipinski definition) is 0. The van der Waals surface area contributed by atoms with Gasteiger partial charge in [0.15, 0.2) is 0 Å². The van der Waals surface area contributed by atoms with Crippen LogP contribution in [0.15, 0.2) is 84.9 Å². The van der Waals surface area contributed by atoms with Crippen LogP contribution >= 0.6 is 23.2 Å². The van der Waals surface area contributed by atoms with Gasteiger partial charge in [0.25, 0.3) is 0 Å². The highest BCUT2D eigenvalue weighted by atomic mass is 35.5. The summed E-state index contributed by atoms with van der Waals surface area (Å²) < 4.78 is 4.98. The molecule has 0 unspecified atom stereocenters. The van der Waals surface area contributed by atoms with Crippen LogP contribution in [0.5, 0.6) is 0 Å². The first-order valence-electron chi connectivity index (χ1n) is 12.1. The quantitative estimate of drug-likeness (QED) is 0.202. The molecule has 4 heteroatoms. The first-order valence-corrected chi connectivity index (χ1v) is 13.2. The molecule has 176 valence electrons. The van der Waals surface area contributed by atoms with E-state index in [4.69, 9.17) is 23.2 Å². The van der Waals surface area contributed by atoms with Crippen LogP contribution in [-0.4, -0.2) is 9.13 Å². The molecule has 2 nitrogen and oxygen atoms in total. The molecule has 0 atom stereocenters. The summed E-state index contributed by atoms with van der Waals surface area (Å²) in [7, 11) is 0. The van der Waals surface area contributed by atoms with Gasteiger partial charge in [0, 0.05) is 73.9 Å². The third-order valence-electron chi connectivity index (χ3n) is 7.15. The van der Waals surface area contributed by atoms with Crippen molar-refractivity contribution in [3.8, 4) is 0 Å². The standard InChI is InChI=1S/C31H28Cl2N2/c1-31(2,19-34-27-9-5-3-7-23(27)25-15-21(17-32)11-13-29(25)34)20-35-28-10-6-4-8-24(28)26-16-22(18-33)12-14-30(26)35/h3-16H,17-20H2,1-2H3. The summed E-state index contributed by atoms with van der Waals surface area (Å²) >= 11 is 12.3. The van der Waals surface area contributed by atoms with Gasteiger partial charge in [-0.05, 0) is 47.5 Å². The van der Waals surface area contributed by atoms with Crippen molar-refractivity contribution in [1.82, 2.24) is 9.13 Å². The molecule has 6 rings (SSSR count). The molecule has 0 fully saturated rings. The fourth-order valence-corrected chi connectivity index (χ4v) is 5.95. The zero-order valence-corrected chi connectivity index (χ0v) is 21.6. The molecule has 35 heavy (non-hydrogen) atoms. The van der Waals surface area contributed by atoms with E-state index in [-0.39, 0.29) is 5.41 Å². The SMILES string of the molecule is CC(C)(Cn1c2ccccc2c2cc(CCl)ccc21)Cn1c2ccccc2c2cc(CCl)ccc21. The smallest absolute Gasteiger partial charge is 0.0491 e. The number of halogens is 2. The van der Waals surface area contributed by atoms with Gasteiger partial charge in [-0.1, -0.05) is 62.4 Å². The van der Waals surface area contributed by atoms with E-state index in [1.54, 1.807) is 0 Å². The minimum Gasteiger partial charge on any atom is -0.340 e. The van der Waals surface area contributed by atoms with Crippen molar-refractivity contribution in [1.29, 1.82) is 0 Å². The summed E-state index contributed by atoms with van der Waals surface area (Å²) in [6.07, 6.45) is 0. The molecule has 0 aliphatic rings. The number of nitrogens with zero attached hydrogens (tertiary/aromatic N) is 2. The first-order chi connectivity index (χ1) is 17.0. The molecule has 0 saturated heterocycles. The third kappa shape index (κ3) is 3.80. The Labute approximate surface area is 215 Å². The van der Waals surface area contributed by atoms with Gasteiger partial charge in [0.1, 0.15) is 0 Å². The van der Waals surface area contributed by atoms with Gasteiger partial charge in [-0.15, -0.1) is 23.2 Å². The molecule has 0 spiro atoms. The van der Waals surface area contributed by atoms with E-state index in [9.17, 15) is 0 Å². The summed E-state index contributed by atoms with van der Waals surface area (Å²) in [5.74, 6) is 1.06. The molecule has 2 aromatic heterocycles. The van der Waals surface area contributed by atoms with Crippen molar-refractivity contribution in [3.05, 3.63) is 96.1 Å². The zero-order valence-electron chi connectivity index (χ0n) is 20.1. The Morgan fingerprint density at radius 2 is 0.943 bits per heavy atom. The van der Waals surface area contributed by atoms with Crippen molar-refractivity contribution in [2.75, 3.05) is 0 Å². The van der Waals surface area contributed by atoms with E-state index in [1.165, 1.54) is 43.6 Å². The van der Waals surface area contributed by atoms with E-state index in [1.807, 2.05) is 0 Å². The molecule has 4 aromatic carbocycles. The molecule has 0 bridgehead atoms. The van der Waals surface area contributed by atoms with Crippen LogP contribution in [0.2, 0.25) is 0 Å². The number of rotatable bonds is 6. The Morgan fingerprint density at radius 3 is 1.37 bits per heavy atom. The number of alkyl halides is 2. The topological polar surface area (TPSA) is 9.86 Å². The Bertz CT molecular complexity index is 1580. The fraction of sp³-hybridized carbons (Fsp3) is 0.226. The van der Waals surface area contributed by atoms with E-state index < -0.39 is 0 Å². The lowest BCUT2D eigenvalue weighted by molar-refractivity contribution is 0.272. The third-order valence-corrected chi connectivity index (χ3v) is 7.77. The summed E-state index contributed by atoms with van der Waals surface area (Å²) in [6, 6.07) is 30.7. The predicted molar refractivity (Wildman–Crippen MR) is 152 cm³/mol. The molecule has 0 saturated carbocycles. The normalized spacial score (nSPS) is 12.5. The maximum atomic E-state index is 6.17. The van der Waals surface area contributed by atoms with Gasteiger partial charge in [-0.2, -0.15) is 0 Å². The fourth-order valence-electron chi connectivity index (χ4n) is 5.61. The molecule has 6 aromatic rings. The van der Waals surface area contributed by atoms with Crippen LogP contribution in [0, 0.1) is 5.41 Å². The first kappa shape index (κ1) is 22.5. The van der Waals surface area contributed by atoms with Crippen molar-refractivity contribution in [2.45, 2.75) is 38.7 Å². The summed E-state index contributed by atoms with van der Waals surface area (Å²) in [4.78, 5) is 0. The molecular formula is C31H28Cl2N2. The average molecular weight is 499 g/mol.